The summed E-state index contributed by atoms with van der Waals surface area (Å²) in [5, 5.41) is 15.9. The monoisotopic (exact) mass is 259 g/mol. The zero-order valence-electron chi connectivity index (χ0n) is 11.4. The lowest BCUT2D eigenvalue weighted by atomic mass is 10.2. The van der Waals surface area contributed by atoms with E-state index >= 15 is 0 Å². The summed E-state index contributed by atoms with van der Waals surface area (Å²) in [7, 11) is 0. The van der Waals surface area contributed by atoms with Gasteiger partial charge >= 0.3 is 0 Å². The number of unbranched alkanes of at least 4 members (excludes halogenated alkanes) is 1. The number of aryl methyl sites for hydroxylation is 1. The van der Waals surface area contributed by atoms with E-state index in [1.54, 1.807) is 4.80 Å². The van der Waals surface area contributed by atoms with Crippen LogP contribution in [-0.4, -0.2) is 33.3 Å². The van der Waals surface area contributed by atoms with E-state index in [2.05, 4.69) is 27.7 Å². The maximum Gasteiger partial charge on any atom is 0.204 e. The molecule has 5 nitrogen and oxygen atoms in total. The highest BCUT2D eigenvalue weighted by Gasteiger charge is 2.04. The molecule has 0 fully saturated rings. The largest absolute Gasteiger partial charge is 0.317 e. The molecule has 1 N–H and O–H groups in total. The summed E-state index contributed by atoms with van der Waals surface area (Å²) in [6.45, 7) is 5.17. The first-order valence-electron chi connectivity index (χ1n) is 6.94. The van der Waals surface area contributed by atoms with Gasteiger partial charge in [0.15, 0.2) is 0 Å². The standard InChI is InChI=1S/C14H21N5/c1-2-10-15-11-6-7-12-19-17-14(16-18-19)13-8-4-3-5-9-13/h3-5,8-9,15H,2,6-7,10-12H2,1H3. The van der Waals surface area contributed by atoms with Gasteiger partial charge in [-0.2, -0.15) is 4.80 Å². The average Bonchev–Trinajstić information content (AvgIpc) is 2.92. The quantitative estimate of drug-likeness (QED) is 0.738. The Morgan fingerprint density at radius 2 is 1.95 bits per heavy atom. The molecule has 1 heterocycles. The molecule has 0 unspecified atom stereocenters. The van der Waals surface area contributed by atoms with Gasteiger partial charge in [0.25, 0.3) is 0 Å². The normalized spacial score (nSPS) is 10.8. The number of hydrogen-bond acceptors (Lipinski definition) is 4. The molecule has 2 aromatic rings. The Morgan fingerprint density at radius 1 is 1.11 bits per heavy atom. The van der Waals surface area contributed by atoms with Crippen molar-refractivity contribution in [3.63, 3.8) is 0 Å². The van der Waals surface area contributed by atoms with Crippen molar-refractivity contribution < 1.29 is 0 Å². The molecule has 0 spiro atoms. The molecule has 1 aromatic carbocycles. The first kappa shape index (κ1) is 13.7. The van der Waals surface area contributed by atoms with Crippen molar-refractivity contribution in [2.45, 2.75) is 32.7 Å². The SMILES string of the molecule is CCCNCCCCn1nnc(-c2ccccc2)n1. The van der Waals surface area contributed by atoms with Crippen molar-refractivity contribution in [3.8, 4) is 11.4 Å². The molecule has 0 amide bonds. The zero-order chi connectivity index (χ0) is 13.3. The van der Waals surface area contributed by atoms with Crippen LogP contribution in [0.1, 0.15) is 26.2 Å². The number of aromatic nitrogens is 4. The molecular formula is C14H21N5. The Kier molecular flexibility index (Phi) is 5.49. The summed E-state index contributed by atoms with van der Waals surface area (Å²) < 4.78 is 0. The smallest absolute Gasteiger partial charge is 0.204 e. The van der Waals surface area contributed by atoms with E-state index in [0.717, 1.165) is 38.0 Å². The minimum atomic E-state index is 0.699. The van der Waals surface area contributed by atoms with Crippen molar-refractivity contribution in [1.82, 2.24) is 25.5 Å². The van der Waals surface area contributed by atoms with Gasteiger partial charge in [-0.3, -0.25) is 0 Å². The van der Waals surface area contributed by atoms with Crippen LogP contribution in [0.2, 0.25) is 0 Å². The fourth-order valence-electron chi connectivity index (χ4n) is 1.85. The van der Waals surface area contributed by atoms with Crippen LogP contribution in [0, 0.1) is 0 Å². The molecule has 0 bridgehead atoms. The Bertz CT molecular complexity index is 466. The van der Waals surface area contributed by atoms with Gasteiger partial charge in [0.1, 0.15) is 0 Å². The van der Waals surface area contributed by atoms with Crippen LogP contribution in [0.5, 0.6) is 0 Å². The van der Waals surface area contributed by atoms with Crippen LogP contribution in [0.25, 0.3) is 11.4 Å². The summed E-state index contributed by atoms with van der Waals surface area (Å²) in [6, 6.07) is 9.94. The molecule has 2 rings (SSSR count). The summed E-state index contributed by atoms with van der Waals surface area (Å²) in [5.41, 5.74) is 1.01. The molecule has 5 heteroatoms. The molecule has 1 aromatic heterocycles. The van der Waals surface area contributed by atoms with E-state index in [1.807, 2.05) is 30.3 Å². The Hall–Kier alpha value is -1.75. The Balaban J connectivity index is 1.75. The van der Waals surface area contributed by atoms with Crippen LogP contribution >= 0.6 is 0 Å². The van der Waals surface area contributed by atoms with E-state index in [0.29, 0.717) is 5.82 Å². The van der Waals surface area contributed by atoms with Gasteiger partial charge in [0, 0.05) is 5.56 Å². The molecule has 0 aliphatic heterocycles. The van der Waals surface area contributed by atoms with Crippen LogP contribution in [-0.2, 0) is 6.54 Å². The minimum absolute atomic E-state index is 0.699. The third-order valence-corrected chi connectivity index (χ3v) is 2.87. The predicted octanol–water partition coefficient (Wildman–Crippen LogP) is 2.12. The first-order valence-corrected chi connectivity index (χ1v) is 6.94. The van der Waals surface area contributed by atoms with Crippen LogP contribution < -0.4 is 5.32 Å². The van der Waals surface area contributed by atoms with Crippen LogP contribution in [0.4, 0.5) is 0 Å². The second kappa shape index (κ2) is 7.63. The van der Waals surface area contributed by atoms with E-state index < -0.39 is 0 Å². The topological polar surface area (TPSA) is 55.6 Å². The van der Waals surface area contributed by atoms with Crippen LogP contribution in [0.3, 0.4) is 0 Å². The molecule has 0 radical (unpaired) electrons. The molecule has 0 atom stereocenters. The highest BCUT2D eigenvalue weighted by atomic mass is 15.6. The lowest BCUT2D eigenvalue weighted by Crippen LogP contribution is -2.16. The third-order valence-electron chi connectivity index (χ3n) is 2.87. The maximum atomic E-state index is 4.39. The zero-order valence-corrected chi connectivity index (χ0v) is 11.4. The van der Waals surface area contributed by atoms with E-state index in [-0.39, 0.29) is 0 Å². The van der Waals surface area contributed by atoms with Gasteiger partial charge in [-0.15, -0.1) is 10.2 Å². The lowest BCUT2D eigenvalue weighted by Gasteiger charge is -2.01. The number of benzene rings is 1. The van der Waals surface area contributed by atoms with E-state index in [4.69, 9.17) is 0 Å². The van der Waals surface area contributed by atoms with Gasteiger partial charge in [-0.25, -0.2) is 0 Å². The Morgan fingerprint density at radius 3 is 2.74 bits per heavy atom. The summed E-state index contributed by atoms with van der Waals surface area (Å²) >= 11 is 0. The van der Waals surface area contributed by atoms with Gasteiger partial charge in [0.2, 0.25) is 5.82 Å². The number of rotatable bonds is 8. The van der Waals surface area contributed by atoms with Gasteiger partial charge in [0.05, 0.1) is 6.54 Å². The predicted molar refractivity (Wildman–Crippen MR) is 75.6 cm³/mol. The van der Waals surface area contributed by atoms with Crippen molar-refractivity contribution in [1.29, 1.82) is 0 Å². The third kappa shape index (κ3) is 4.44. The minimum Gasteiger partial charge on any atom is -0.317 e. The average molecular weight is 259 g/mol. The molecule has 19 heavy (non-hydrogen) atoms. The van der Waals surface area contributed by atoms with Crippen molar-refractivity contribution >= 4 is 0 Å². The van der Waals surface area contributed by atoms with Gasteiger partial charge in [-0.1, -0.05) is 37.3 Å². The van der Waals surface area contributed by atoms with Gasteiger partial charge in [-0.05, 0) is 37.6 Å². The molecule has 0 saturated carbocycles. The molecule has 0 aliphatic carbocycles. The second-order valence-electron chi connectivity index (χ2n) is 4.53. The van der Waals surface area contributed by atoms with E-state index in [9.17, 15) is 0 Å². The molecule has 0 saturated heterocycles. The number of nitrogens with one attached hydrogen (secondary N) is 1. The van der Waals surface area contributed by atoms with Gasteiger partial charge < -0.3 is 5.32 Å². The number of hydrogen-bond donors (Lipinski definition) is 1. The summed E-state index contributed by atoms with van der Waals surface area (Å²) in [4.78, 5) is 1.68. The first-order chi connectivity index (χ1) is 9.40. The number of tetrazole rings is 1. The van der Waals surface area contributed by atoms with Crippen molar-refractivity contribution in [3.05, 3.63) is 30.3 Å². The number of nitrogens with zero attached hydrogens (tertiary/aromatic N) is 4. The second-order valence-corrected chi connectivity index (χ2v) is 4.53. The van der Waals surface area contributed by atoms with Crippen LogP contribution in [0.15, 0.2) is 30.3 Å². The fourth-order valence-corrected chi connectivity index (χ4v) is 1.85. The highest BCUT2D eigenvalue weighted by molar-refractivity contribution is 5.52. The summed E-state index contributed by atoms with van der Waals surface area (Å²) in [5.74, 6) is 0.699. The Labute approximate surface area is 114 Å². The molecular weight excluding hydrogens is 238 g/mol. The highest BCUT2D eigenvalue weighted by Crippen LogP contribution is 2.11. The lowest BCUT2D eigenvalue weighted by molar-refractivity contribution is 0.479. The van der Waals surface area contributed by atoms with E-state index in [1.165, 1.54) is 6.42 Å². The van der Waals surface area contributed by atoms with Crippen molar-refractivity contribution in [2.75, 3.05) is 13.1 Å². The molecule has 0 aliphatic rings. The van der Waals surface area contributed by atoms with Crippen molar-refractivity contribution in [2.24, 2.45) is 0 Å². The maximum absolute atomic E-state index is 4.39. The summed E-state index contributed by atoms with van der Waals surface area (Å²) in [6.07, 6.45) is 3.40. The molecule has 102 valence electrons. The fraction of sp³-hybridized carbons (Fsp3) is 0.500.